The first-order chi connectivity index (χ1) is 4.20. The van der Waals surface area contributed by atoms with Gasteiger partial charge in [0.05, 0.1) is 5.02 Å². The van der Waals surface area contributed by atoms with Gasteiger partial charge in [0, 0.05) is 0 Å². The maximum Gasteiger partial charge on any atom is 0.526 e. The lowest BCUT2D eigenvalue weighted by atomic mass is 9.88. The van der Waals surface area contributed by atoms with Crippen LogP contribution in [0.5, 0.6) is 0 Å². The van der Waals surface area contributed by atoms with Gasteiger partial charge in [-0.3, -0.25) is 0 Å². The molecule has 1 heterocycles. The third kappa shape index (κ3) is 1.48. The predicted molar refractivity (Wildman–Crippen MR) is 33.5 cm³/mol. The lowest BCUT2D eigenvalue weighted by molar-refractivity contribution is 0.409. The van der Waals surface area contributed by atoms with Crippen molar-refractivity contribution in [2.24, 2.45) is 0 Å². The molecule has 0 aliphatic carbocycles. The molecule has 0 unspecified atom stereocenters. The highest BCUT2D eigenvalue weighted by Gasteiger charge is 2.14. The number of rotatable bonds is 1. The minimum atomic E-state index is -1.57. The molecule has 0 fully saturated rings. The van der Waals surface area contributed by atoms with Gasteiger partial charge in [-0.1, -0.05) is 11.6 Å². The summed E-state index contributed by atoms with van der Waals surface area (Å²) >= 11 is 5.39. The third-order valence-corrected chi connectivity index (χ3v) is 1.04. The summed E-state index contributed by atoms with van der Waals surface area (Å²) in [6, 6.07) is 1.34. The van der Waals surface area contributed by atoms with Crippen molar-refractivity contribution in [1.29, 1.82) is 0 Å². The van der Waals surface area contributed by atoms with E-state index in [2.05, 4.69) is 4.42 Å². The first-order valence-corrected chi connectivity index (χ1v) is 2.68. The molecule has 0 aliphatic rings. The molecule has 0 saturated carbocycles. The minimum Gasteiger partial charge on any atom is -0.471 e. The quantitative estimate of drug-likeness (QED) is 0.531. The molecule has 9 heavy (non-hydrogen) atoms. The fourth-order valence-electron chi connectivity index (χ4n) is 0.464. The van der Waals surface area contributed by atoms with Crippen LogP contribution >= 0.6 is 11.6 Å². The molecular weight excluding hydrogens is 142 g/mol. The van der Waals surface area contributed by atoms with E-state index in [-0.39, 0.29) is 5.66 Å². The minimum absolute atomic E-state index is 0.0556. The number of hydrogen-bond acceptors (Lipinski definition) is 3. The SMILES string of the molecule is OB(O)c1cc(Cl)co1. The van der Waals surface area contributed by atoms with Gasteiger partial charge in [-0.2, -0.15) is 0 Å². The third-order valence-electron chi connectivity index (χ3n) is 0.842. The Hall–Kier alpha value is -0.445. The van der Waals surface area contributed by atoms with Crippen LogP contribution in [0.3, 0.4) is 0 Å². The molecule has 1 rings (SSSR count). The van der Waals surface area contributed by atoms with Crippen molar-refractivity contribution in [1.82, 2.24) is 0 Å². The van der Waals surface area contributed by atoms with Crippen molar-refractivity contribution < 1.29 is 14.5 Å². The van der Waals surface area contributed by atoms with Crippen LogP contribution in [-0.4, -0.2) is 17.2 Å². The lowest BCUT2D eigenvalue weighted by Gasteiger charge is -1.86. The highest BCUT2D eigenvalue weighted by Crippen LogP contribution is 2.04. The van der Waals surface area contributed by atoms with Gasteiger partial charge < -0.3 is 14.5 Å². The van der Waals surface area contributed by atoms with E-state index in [1.807, 2.05) is 0 Å². The molecule has 2 N–H and O–H groups in total. The molecule has 48 valence electrons. The van der Waals surface area contributed by atoms with Crippen LogP contribution in [0, 0.1) is 0 Å². The molecule has 1 aromatic rings. The summed E-state index contributed by atoms with van der Waals surface area (Å²) in [5, 5.41) is 17.2. The molecule has 0 bridgehead atoms. The number of hydrogen-bond donors (Lipinski definition) is 2. The summed E-state index contributed by atoms with van der Waals surface area (Å²) < 4.78 is 4.59. The predicted octanol–water partition coefficient (Wildman–Crippen LogP) is -0.387. The van der Waals surface area contributed by atoms with E-state index >= 15 is 0 Å². The summed E-state index contributed by atoms with van der Waals surface area (Å²) in [7, 11) is -1.57. The molecule has 5 heteroatoms. The van der Waals surface area contributed by atoms with Gasteiger partial charge in [-0.05, 0) is 6.07 Å². The van der Waals surface area contributed by atoms with E-state index < -0.39 is 7.12 Å². The molecule has 1 aromatic heterocycles. The summed E-state index contributed by atoms with van der Waals surface area (Å²) in [6.45, 7) is 0. The smallest absolute Gasteiger partial charge is 0.471 e. The average Bonchev–Trinajstić information content (AvgIpc) is 2.14. The van der Waals surface area contributed by atoms with Gasteiger partial charge in [-0.25, -0.2) is 0 Å². The summed E-state index contributed by atoms with van der Waals surface area (Å²) in [4.78, 5) is 0. The zero-order chi connectivity index (χ0) is 6.85. The number of furan rings is 1. The van der Waals surface area contributed by atoms with E-state index in [0.717, 1.165) is 0 Å². The summed E-state index contributed by atoms with van der Waals surface area (Å²) in [5.41, 5.74) is 0.0556. The Morgan fingerprint density at radius 2 is 2.22 bits per heavy atom. The van der Waals surface area contributed by atoms with Gasteiger partial charge in [-0.15, -0.1) is 0 Å². The van der Waals surface area contributed by atoms with E-state index in [1.54, 1.807) is 0 Å². The fourth-order valence-corrected chi connectivity index (χ4v) is 0.616. The van der Waals surface area contributed by atoms with Crippen molar-refractivity contribution >= 4 is 24.4 Å². The second kappa shape index (κ2) is 2.43. The van der Waals surface area contributed by atoms with Crippen LogP contribution < -0.4 is 5.66 Å². The second-order valence-corrected chi connectivity index (χ2v) is 1.98. The van der Waals surface area contributed by atoms with Gasteiger partial charge in [0.2, 0.25) is 0 Å². The first kappa shape index (κ1) is 6.67. The average molecular weight is 146 g/mol. The standard InChI is InChI=1S/C4H4BClO3/c6-3-1-4(5(7)8)9-2-3/h1-2,7-8H. The zero-order valence-corrected chi connectivity index (χ0v) is 5.17. The highest BCUT2D eigenvalue weighted by atomic mass is 35.5. The van der Waals surface area contributed by atoms with Crippen molar-refractivity contribution in [3.63, 3.8) is 0 Å². The Bertz CT molecular complexity index is 197. The molecule has 0 radical (unpaired) electrons. The maximum atomic E-state index is 8.44. The van der Waals surface area contributed by atoms with E-state index in [1.165, 1.54) is 12.3 Å². The normalized spacial score (nSPS) is 9.67. The zero-order valence-electron chi connectivity index (χ0n) is 4.41. The van der Waals surface area contributed by atoms with Crippen LogP contribution in [0.15, 0.2) is 16.7 Å². The van der Waals surface area contributed by atoms with Crippen LogP contribution in [0.4, 0.5) is 0 Å². The van der Waals surface area contributed by atoms with Crippen molar-refractivity contribution in [3.05, 3.63) is 17.4 Å². The summed E-state index contributed by atoms with van der Waals surface area (Å²) in [5.74, 6) is 0. The molecule has 0 spiro atoms. The van der Waals surface area contributed by atoms with Crippen LogP contribution in [0.25, 0.3) is 0 Å². The lowest BCUT2D eigenvalue weighted by Crippen LogP contribution is -2.27. The van der Waals surface area contributed by atoms with Gasteiger partial charge in [0.1, 0.15) is 11.9 Å². The molecule has 0 aliphatic heterocycles. The maximum absolute atomic E-state index is 8.44. The Morgan fingerprint density at radius 1 is 1.56 bits per heavy atom. The van der Waals surface area contributed by atoms with Crippen molar-refractivity contribution in [3.8, 4) is 0 Å². The molecule has 0 atom stereocenters. The topological polar surface area (TPSA) is 53.6 Å². The van der Waals surface area contributed by atoms with E-state index in [9.17, 15) is 0 Å². The first-order valence-electron chi connectivity index (χ1n) is 2.30. The van der Waals surface area contributed by atoms with Crippen LogP contribution in [0.2, 0.25) is 5.02 Å². The molecule has 0 saturated heterocycles. The van der Waals surface area contributed by atoms with Gasteiger partial charge in [0.15, 0.2) is 0 Å². The molecule has 0 aromatic carbocycles. The fraction of sp³-hybridized carbons (Fsp3) is 0. The van der Waals surface area contributed by atoms with Crippen LogP contribution in [0.1, 0.15) is 0 Å². The van der Waals surface area contributed by atoms with Crippen LogP contribution in [-0.2, 0) is 0 Å². The summed E-state index contributed by atoms with van der Waals surface area (Å²) in [6.07, 6.45) is 1.23. The molecular formula is C4H4BClO3. The number of halogens is 1. The van der Waals surface area contributed by atoms with Gasteiger partial charge in [0.25, 0.3) is 0 Å². The van der Waals surface area contributed by atoms with E-state index in [0.29, 0.717) is 5.02 Å². The molecule has 0 amide bonds. The Kier molecular flexibility index (Phi) is 1.80. The Morgan fingerprint density at radius 3 is 2.44 bits per heavy atom. The van der Waals surface area contributed by atoms with Crippen molar-refractivity contribution in [2.45, 2.75) is 0 Å². The largest absolute Gasteiger partial charge is 0.526 e. The molecule has 3 nitrogen and oxygen atoms in total. The van der Waals surface area contributed by atoms with Gasteiger partial charge >= 0.3 is 7.12 Å². The Labute approximate surface area is 57.0 Å². The second-order valence-electron chi connectivity index (χ2n) is 1.54. The Balaban J connectivity index is 2.85. The van der Waals surface area contributed by atoms with E-state index in [4.69, 9.17) is 21.6 Å². The monoisotopic (exact) mass is 146 g/mol. The van der Waals surface area contributed by atoms with Crippen molar-refractivity contribution in [2.75, 3.05) is 0 Å². The highest BCUT2D eigenvalue weighted by molar-refractivity contribution is 6.57.